The Morgan fingerprint density at radius 1 is 1.47 bits per heavy atom. The smallest absolute Gasteiger partial charge is 0.247 e. The van der Waals surface area contributed by atoms with Crippen LogP contribution in [0.4, 0.5) is 0 Å². The van der Waals surface area contributed by atoms with Gasteiger partial charge >= 0.3 is 0 Å². The third-order valence-electron chi connectivity index (χ3n) is 2.03. The van der Waals surface area contributed by atoms with Crippen LogP contribution in [-0.2, 0) is 9.36 Å². The Morgan fingerprint density at radius 3 is 2.41 bits per heavy atom. The lowest BCUT2D eigenvalue weighted by Gasteiger charge is -2.24. The zero-order valence-corrected chi connectivity index (χ0v) is 12.5. The quantitative estimate of drug-likeness (QED) is 0.247. The first kappa shape index (κ1) is 16.9. The van der Waals surface area contributed by atoms with Gasteiger partial charge in [0.05, 0.1) is 20.1 Å². The van der Waals surface area contributed by atoms with E-state index in [0.29, 0.717) is 10.9 Å². The standard InChI is InChI=1S/C10H22ClN2O3P/c1-10(2,6-11)5-9(14)13(15)7-12-8-17(3,4)16/h12,15H,5-8H2,1-4H3. The highest BCUT2D eigenvalue weighted by atomic mass is 35.5. The van der Waals surface area contributed by atoms with Gasteiger partial charge in [0.15, 0.2) is 0 Å². The van der Waals surface area contributed by atoms with Gasteiger partial charge in [-0.1, -0.05) is 13.8 Å². The summed E-state index contributed by atoms with van der Waals surface area (Å²) < 4.78 is 11.4. The molecule has 0 aliphatic heterocycles. The van der Waals surface area contributed by atoms with Crippen LogP contribution in [0.25, 0.3) is 0 Å². The summed E-state index contributed by atoms with van der Waals surface area (Å²) in [5, 5.41) is 12.8. The van der Waals surface area contributed by atoms with E-state index in [4.69, 9.17) is 11.6 Å². The molecule has 0 aromatic carbocycles. The van der Waals surface area contributed by atoms with Crippen LogP contribution in [0.3, 0.4) is 0 Å². The van der Waals surface area contributed by atoms with E-state index < -0.39 is 13.0 Å². The Kier molecular flexibility index (Phi) is 6.70. The minimum Gasteiger partial charge on any atom is -0.323 e. The lowest BCUT2D eigenvalue weighted by molar-refractivity contribution is -0.168. The maximum absolute atomic E-state index is 11.6. The molecule has 0 aliphatic carbocycles. The van der Waals surface area contributed by atoms with Gasteiger partial charge in [-0.05, 0) is 18.7 Å². The average Bonchev–Trinajstić information content (AvgIpc) is 2.15. The van der Waals surface area contributed by atoms with E-state index in [1.807, 2.05) is 13.8 Å². The lowest BCUT2D eigenvalue weighted by atomic mass is 9.91. The van der Waals surface area contributed by atoms with Gasteiger partial charge < -0.3 is 4.57 Å². The molecule has 0 rings (SSSR count). The molecule has 0 atom stereocenters. The number of rotatable bonds is 7. The summed E-state index contributed by atoms with van der Waals surface area (Å²) in [6, 6.07) is 0. The second-order valence-corrected chi connectivity index (χ2v) is 9.14. The van der Waals surface area contributed by atoms with Gasteiger partial charge in [-0.2, -0.15) is 0 Å². The molecule has 0 radical (unpaired) electrons. The van der Waals surface area contributed by atoms with E-state index in [-0.39, 0.29) is 24.8 Å². The number of hydrogen-bond donors (Lipinski definition) is 2. The topological polar surface area (TPSA) is 69.6 Å². The van der Waals surface area contributed by atoms with Crippen LogP contribution in [0, 0.1) is 5.41 Å². The van der Waals surface area contributed by atoms with E-state index in [2.05, 4.69) is 5.32 Å². The van der Waals surface area contributed by atoms with Crippen LogP contribution < -0.4 is 5.32 Å². The van der Waals surface area contributed by atoms with Gasteiger partial charge in [-0.15, -0.1) is 11.6 Å². The molecular formula is C10H22ClN2O3P. The molecule has 0 saturated heterocycles. The monoisotopic (exact) mass is 284 g/mol. The molecule has 5 nitrogen and oxygen atoms in total. The maximum atomic E-state index is 11.6. The van der Waals surface area contributed by atoms with Crippen molar-refractivity contribution in [2.45, 2.75) is 20.3 Å². The molecule has 0 aromatic rings. The number of nitrogens with zero attached hydrogens (tertiary/aromatic N) is 1. The second-order valence-electron chi connectivity index (χ2n) is 5.41. The van der Waals surface area contributed by atoms with Crippen molar-refractivity contribution in [1.29, 1.82) is 0 Å². The number of halogens is 1. The van der Waals surface area contributed by atoms with Gasteiger partial charge in [0.1, 0.15) is 0 Å². The number of carbonyl (C=O) groups excluding carboxylic acids is 1. The van der Waals surface area contributed by atoms with Crippen molar-refractivity contribution in [3.63, 3.8) is 0 Å². The number of nitrogens with one attached hydrogen (secondary N) is 1. The van der Waals surface area contributed by atoms with E-state index in [1.165, 1.54) is 0 Å². The summed E-state index contributed by atoms with van der Waals surface area (Å²) >= 11 is 5.70. The Hall–Kier alpha value is -0.0900. The van der Waals surface area contributed by atoms with E-state index in [0.717, 1.165) is 0 Å². The molecule has 0 heterocycles. The summed E-state index contributed by atoms with van der Waals surface area (Å²) in [6.07, 6.45) is 0.459. The molecule has 0 spiro atoms. The molecule has 1 amide bonds. The van der Waals surface area contributed by atoms with Crippen molar-refractivity contribution in [2.24, 2.45) is 5.41 Å². The van der Waals surface area contributed by atoms with Gasteiger partial charge in [0, 0.05) is 12.3 Å². The molecule has 0 saturated carbocycles. The fraction of sp³-hybridized carbons (Fsp3) is 0.900. The molecule has 2 N–H and O–H groups in total. The van der Waals surface area contributed by atoms with Gasteiger partial charge in [-0.3, -0.25) is 15.3 Å². The van der Waals surface area contributed by atoms with E-state index >= 15 is 0 Å². The fourth-order valence-electron chi connectivity index (χ4n) is 1.06. The lowest BCUT2D eigenvalue weighted by Crippen LogP contribution is -2.38. The first-order chi connectivity index (χ1) is 7.57. The fourth-order valence-corrected chi connectivity index (χ4v) is 1.79. The molecule has 7 heteroatoms. The number of hydroxylamine groups is 2. The normalized spacial score (nSPS) is 12.6. The van der Waals surface area contributed by atoms with Crippen LogP contribution in [0.15, 0.2) is 0 Å². The molecule has 102 valence electrons. The third kappa shape index (κ3) is 8.61. The SMILES string of the molecule is CC(C)(CCl)CC(=O)N(O)CNCP(C)(C)=O. The Bertz CT molecular complexity index is 304. The summed E-state index contributed by atoms with van der Waals surface area (Å²) in [4.78, 5) is 11.6. The highest BCUT2D eigenvalue weighted by Gasteiger charge is 2.23. The first-order valence-corrected chi connectivity index (χ1v) is 8.69. The Balaban J connectivity index is 4.03. The van der Waals surface area contributed by atoms with Crippen molar-refractivity contribution in [3.8, 4) is 0 Å². The maximum Gasteiger partial charge on any atom is 0.247 e. The molecule has 17 heavy (non-hydrogen) atoms. The largest absolute Gasteiger partial charge is 0.323 e. The van der Waals surface area contributed by atoms with Crippen LogP contribution >= 0.6 is 18.7 Å². The zero-order valence-electron chi connectivity index (χ0n) is 10.9. The van der Waals surface area contributed by atoms with Gasteiger partial charge in [0.25, 0.3) is 0 Å². The van der Waals surface area contributed by atoms with Gasteiger partial charge in [0.2, 0.25) is 5.91 Å². The van der Waals surface area contributed by atoms with Crippen LogP contribution in [0.2, 0.25) is 0 Å². The van der Waals surface area contributed by atoms with E-state index in [9.17, 15) is 14.6 Å². The molecule has 0 aromatic heterocycles. The minimum atomic E-state index is -2.18. The molecule has 0 bridgehead atoms. The Morgan fingerprint density at radius 2 is 2.00 bits per heavy atom. The van der Waals surface area contributed by atoms with Crippen molar-refractivity contribution in [2.75, 3.05) is 32.2 Å². The predicted octanol–water partition coefficient (Wildman–Crippen LogP) is 1.99. The number of alkyl halides is 1. The van der Waals surface area contributed by atoms with Crippen molar-refractivity contribution in [1.82, 2.24) is 10.4 Å². The predicted molar refractivity (Wildman–Crippen MR) is 70.1 cm³/mol. The zero-order chi connectivity index (χ0) is 13.7. The van der Waals surface area contributed by atoms with Gasteiger partial charge in [-0.25, -0.2) is 5.06 Å². The number of amides is 1. The average molecular weight is 285 g/mol. The van der Waals surface area contributed by atoms with Crippen LogP contribution in [-0.4, -0.2) is 48.3 Å². The van der Waals surface area contributed by atoms with E-state index in [1.54, 1.807) is 13.3 Å². The number of carbonyl (C=O) groups is 1. The van der Waals surface area contributed by atoms with Crippen LogP contribution in [0.1, 0.15) is 20.3 Å². The molecule has 0 aliphatic rings. The molecule has 0 fully saturated rings. The Labute approximate surface area is 108 Å². The molecular weight excluding hydrogens is 263 g/mol. The number of hydrogen-bond acceptors (Lipinski definition) is 4. The molecule has 0 unspecified atom stereocenters. The van der Waals surface area contributed by atoms with Crippen LogP contribution in [0.5, 0.6) is 0 Å². The van der Waals surface area contributed by atoms with Crippen molar-refractivity contribution < 1.29 is 14.6 Å². The second kappa shape index (κ2) is 6.74. The highest BCUT2D eigenvalue weighted by molar-refractivity contribution is 7.62. The summed E-state index contributed by atoms with van der Waals surface area (Å²) in [5.41, 5.74) is -0.343. The first-order valence-electron chi connectivity index (χ1n) is 5.37. The highest BCUT2D eigenvalue weighted by Crippen LogP contribution is 2.33. The summed E-state index contributed by atoms with van der Waals surface area (Å²) in [6.45, 7) is 6.96. The summed E-state index contributed by atoms with van der Waals surface area (Å²) in [5.74, 6) is -0.0516. The van der Waals surface area contributed by atoms with Crippen molar-refractivity contribution >= 4 is 24.7 Å². The summed E-state index contributed by atoms with van der Waals surface area (Å²) in [7, 11) is -2.18. The van der Waals surface area contributed by atoms with Crippen molar-refractivity contribution in [3.05, 3.63) is 0 Å². The minimum absolute atomic E-state index is 0.0249. The third-order valence-corrected chi connectivity index (χ3v) is 3.74.